The molecule has 30 heavy (non-hydrogen) atoms. The first-order valence-electron chi connectivity index (χ1n) is 10.3. The van der Waals surface area contributed by atoms with Gasteiger partial charge in [-0.15, -0.1) is 24.0 Å². The highest BCUT2D eigenvalue weighted by molar-refractivity contribution is 14.0. The Labute approximate surface area is 197 Å². The van der Waals surface area contributed by atoms with E-state index in [1.807, 2.05) is 12.1 Å². The maximum atomic E-state index is 11.6. The van der Waals surface area contributed by atoms with Crippen LogP contribution in [0.1, 0.15) is 37.3 Å². The lowest BCUT2D eigenvalue weighted by atomic mass is 9.82. The normalized spacial score (nSPS) is 19.8. The third-order valence-corrected chi connectivity index (χ3v) is 6.66. The molecule has 0 spiro atoms. The van der Waals surface area contributed by atoms with Gasteiger partial charge in [0.25, 0.3) is 0 Å². The molecule has 7 heteroatoms. The fourth-order valence-electron chi connectivity index (χ4n) is 3.97. The Kier molecular flexibility index (Phi) is 9.15. The predicted octanol–water partition coefficient (Wildman–Crippen LogP) is 4.30. The van der Waals surface area contributed by atoms with Gasteiger partial charge in [0.2, 0.25) is 0 Å². The first kappa shape index (κ1) is 24.7. The van der Waals surface area contributed by atoms with Crippen LogP contribution in [0.15, 0.2) is 64.5 Å². The molecule has 0 saturated carbocycles. The lowest BCUT2D eigenvalue weighted by Gasteiger charge is -2.39. The molecule has 1 heterocycles. The van der Waals surface area contributed by atoms with Crippen LogP contribution in [0.3, 0.4) is 0 Å². The highest BCUT2D eigenvalue weighted by Gasteiger charge is 2.28. The van der Waals surface area contributed by atoms with Crippen molar-refractivity contribution in [2.75, 3.05) is 25.9 Å². The SMILES string of the molecule is CCNC(=NCc1ccc(S(C)(=O)=O)cc1)N1CCC(c2ccccc2)C(C)C1.I. The second kappa shape index (κ2) is 11.1. The summed E-state index contributed by atoms with van der Waals surface area (Å²) < 4.78 is 23.2. The van der Waals surface area contributed by atoms with E-state index in [4.69, 9.17) is 4.99 Å². The number of guanidine groups is 1. The lowest BCUT2D eigenvalue weighted by Crippen LogP contribution is -2.48. The third kappa shape index (κ3) is 6.44. The van der Waals surface area contributed by atoms with E-state index >= 15 is 0 Å². The van der Waals surface area contributed by atoms with Crippen LogP contribution < -0.4 is 5.32 Å². The van der Waals surface area contributed by atoms with Gasteiger partial charge in [-0.05, 0) is 48.4 Å². The number of piperidine rings is 1. The van der Waals surface area contributed by atoms with Gasteiger partial charge in [0.05, 0.1) is 11.4 Å². The molecule has 0 bridgehead atoms. The van der Waals surface area contributed by atoms with E-state index in [0.29, 0.717) is 23.3 Å². The fraction of sp³-hybridized carbons (Fsp3) is 0.435. The zero-order chi connectivity index (χ0) is 20.9. The van der Waals surface area contributed by atoms with Crippen LogP contribution >= 0.6 is 24.0 Å². The minimum absolute atomic E-state index is 0. The van der Waals surface area contributed by atoms with Crippen LogP contribution in [0.5, 0.6) is 0 Å². The Morgan fingerprint density at radius 1 is 1.13 bits per heavy atom. The first-order valence-corrected chi connectivity index (χ1v) is 12.1. The molecule has 1 aliphatic heterocycles. The molecule has 1 aliphatic rings. The zero-order valence-corrected chi connectivity index (χ0v) is 21.1. The number of halogens is 1. The average molecular weight is 541 g/mol. The van der Waals surface area contributed by atoms with Crippen LogP contribution in [-0.2, 0) is 16.4 Å². The molecule has 3 rings (SSSR count). The summed E-state index contributed by atoms with van der Waals surface area (Å²) in [5.41, 5.74) is 2.42. The number of aliphatic imine (C=N–C) groups is 1. The molecule has 1 N–H and O–H groups in total. The molecule has 0 aliphatic carbocycles. The van der Waals surface area contributed by atoms with E-state index in [1.54, 1.807) is 12.1 Å². The monoisotopic (exact) mass is 541 g/mol. The molecule has 164 valence electrons. The number of nitrogens with one attached hydrogen (secondary N) is 1. The summed E-state index contributed by atoms with van der Waals surface area (Å²) in [5.74, 6) is 2.06. The fourth-order valence-corrected chi connectivity index (χ4v) is 4.60. The van der Waals surface area contributed by atoms with E-state index in [-0.39, 0.29) is 24.0 Å². The number of nitrogens with zero attached hydrogens (tertiary/aromatic N) is 2. The van der Waals surface area contributed by atoms with E-state index in [9.17, 15) is 8.42 Å². The van der Waals surface area contributed by atoms with Gasteiger partial charge in [0, 0.05) is 25.9 Å². The minimum atomic E-state index is -3.17. The number of hydrogen-bond acceptors (Lipinski definition) is 3. The topological polar surface area (TPSA) is 61.8 Å². The Morgan fingerprint density at radius 3 is 2.37 bits per heavy atom. The van der Waals surface area contributed by atoms with Crippen molar-refractivity contribution in [3.63, 3.8) is 0 Å². The molecule has 2 aromatic carbocycles. The molecular weight excluding hydrogens is 509 g/mol. The van der Waals surface area contributed by atoms with Gasteiger partial charge in [-0.3, -0.25) is 0 Å². The summed E-state index contributed by atoms with van der Waals surface area (Å²) in [6.07, 6.45) is 2.34. The Bertz CT molecular complexity index is 931. The largest absolute Gasteiger partial charge is 0.357 e. The molecular formula is C23H32IN3O2S. The lowest BCUT2D eigenvalue weighted by molar-refractivity contribution is 0.234. The molecule has 0 radical (unpaired) electrons. The van der Waals surface area contributed by atoms with Gasteiger partial charge >= 0.3 is 0 Å². The van der Waals surface area contributed by atoms with Crippen LogP contribution in [0.2, 0.25) is 0 Å². The van der Waals surface area contributed by atoms with Crippen molar-refractivity contribution in [3.05, 3.63) is 65.7 Å². The second-order valence-corrected chi connectivity index (χ2v) is 9.83. The van der Waals surface area contributed by atoms with Gasteiger partial charge in [0.15, 0.2) is 15.8 Å². The Morgan fingerprint density at radius 2 is 1.80 bits per heavy atom. The molecule has 2 aromatic rings. The van der Waals surface area contributed by atoms with Crippen molar-refractivity contribution in [1.82, 2.24) is 10.2 Å². The van der Waals surface area contributed by atoms with Crippen molar-refractivity contribution < 1.29 is 8.42 Å². The number of benzene rings is 2. The van der Waals surface area contributed by atoms with Crippen molar-refractivity contribution in [2.24, 2.45) is 10.9 Å². The van der Waals surface area contributed by atoms with E-state index in [0.717, 1.165) is 37.6 Å². The number of likely N-dealkylation sites (tertiary alicyclic amines) is 1. The molecule has 1 saturated heterocycles. The molecule has 0 amide bonds. The number of sulfone groups is 1. The van der Waals surface area contributed by atoms with Gasteiger partial charge in [0.1, 0.15) is 0 Å². The molecule has 1 fully saturated rings. The van der Waals surface area contributed by atoms with Gasteiger partial charge in [-0.2, -0.15) is 0 Å². The Hall–Kier alpha value is -1.61. The highest BCUT2D eigenvalue weighted by atomic mass is 127. The number of hydrogen-bond donors (Lipinski definition) is 1. The zero-order valence-electron chi connectivity index (χ0n) is 17.9. The van der Waals surface area contributed by atoms with Crippen molar-refractivity contribution in [3.8, 4) is 0 Å². The van der Waals surface area contributed by atoms with Gasteiger partial charge in [-0.1, -0.05) is 49.4 Å². The summed E-state index contributed by atoms with van der Waals surface area (Å²) in [4.78, 5) is 7.50. The van der Waals surface area contributed by atoms with Crippen LogP contribution in [-0.4, -0.2) is 45.2 Å². The third-order valence-electron chi connectivity index (χ3n) is 5.53. The Balaban J connectivity index is 0.00000320. The minimum Gasteiger partial charge on any atom is -0.357 e. The highest BCUT2D eigenvalue weighted by Crippen LogP contribution is 2.32. The van der Waals surface area contributed by atoms with Gasteiger partial charge in [-0.25, -0.2) is 13.4 Å². The molecule has 2 unspecified atom stereocenters. The van der Waals surface area contributed by atoms with Crippen LogP contribution in [0, 0.1) is 5.92 Å². The average Bonchev–Trinajstić information content (AvgIpc) is 2.71. The summed E-state index contributed by atoms with van der Waals surface area (Å²) in [7, 11) is -3.17. The summed E-state index contributed by atoms with van der Waals surface area (Å²) in [5, 5.41) is 3.41. The summed E-state index contributed by atoms with van der Waals surface area (Å²) in [6.45, 7) is 7.69. The second-order valence-electron chi connectivity index (χ2n) is 7.82. The van der Waals surface area contributed by atoms with E-state index in [1.165, 1.54) is 11.8 Å². The van der Waals surface area contributed by atoms with E-state index in [2.05, 4.69) is 54.4 Å². The number of rotatable bonds is 5. The predicted molar refractivity (Wildman–Crippen MR) is 134 cm³/mol. The first-order chi connectivity index (χ1) is 13.9. The maximum Gasteiger partial charge on any atom is 0.194 e. The van der Waals surface area contributed by atoms with E-state index < -0.39 is 9.84 Å². The summed E-state index contributed by atoms with van der Waals surface area (Å²) >= 11 is 0. The molecule has 0 aromatic heterocycles. The molecule has 2 atom stereocenters. The van der Waals surface area contributed by atoms with Gasteiger partial charge < -0.3 is 10.2 Å². The van der Waals surface area contributed by atoms with Crippen molar-refractivity contribution >= 4 is 39.8 Å². The van der Waals surface area contributed by atoms with Crippen molar-refractivity contribution in [1.29, 1.82) is 0 Å². The van der Waals surface area contributed by atoms with Crippen LogP contribution in [0.4, 0.5) is 0 Å². The van der Waals surface area contributed by atoms with Crippen LogP contribution in [0.25, 0.3) is 0 Å². The smallest absolute Gasteiger partial charge is 0.194 e. The summed E-state index contributed by atoms with van der Waals surface area (Å²) in [6, 6.07) is 17.8. The molecule has 5 nitrogen and oxygen atoms in total. The van der Waals surface area contributed by atoms with Crippen molar-refractivity contribution in [2.45, 2.75) is 37.6 Å². The standard InChI is InChI=1S/C23H31N3O2S.HI/c1-4-24-23(25-16-19-10-12-21(13-11-19)29(3,27)28)26-15-14-22(18(2)17-26)20-8-6-5-7-9-20;/h5-13,18,22H,4,14-17H2,1-3H3,(H,24,25);1H. The quantitative estimate of drug-likeness (QED) is 0.349. The maximum absolute atomic E-state index is 11.6.